The second kappa shape index (κ2) is 16.0. The van der Waals surface area contributed by atoms with Crippen LogP contribution in [0.3, 0.4) is 0 Å². The summed E-state index contributed by atoms with van der Waals surface area (Å²) in [5, 5.41) is 0. The highest BCUT2D eigenvalue weighted by molar-refractivity contribution is 6.11. The number of nitrogens with zero attached hydrogens (tertiary/aromatic N) is 1. The van der Waals surface area contributed by atoms with Crippen molar-refractivity contribution in [1.82, 2.24) is 0 Å². The van der Waals surface area contributed by atoms with Gasteiger partial charge in [0.2, 0.25) is 0 Å². The number of benzene rings is 12. The van der Waals surface area contributed by atoms with E-state index in [9.17, 15) is 0 Å². The molecule has 4 aliphatic carbocycles. The fourth-order valence-corrected chi connectivity index (χ4v) is 14.1. The number of rotatable bonds is 6. The van der Waals surface area contributed by atoms with Crippen LogP contribution in [-0.4, -0.2) is 0 Å². The average molecular weight is 950 g/mol. The third-order valence-corrected chi connectivity index (χ3v) is 17.1. The summed E-state index contributed by atoms with van der Waals surface area (Å²) in [6.45, 7) is 0. The van der Waals surface area contributed by atoms with Crippen LogP contribution in [0.1, 0.15) is 44.5 Å². The van der Waals surface area contributed by atoms with Gasteiger partial charge in [-0.25, -0.2) is 0 Å². The molecule has 0 atom stereocenters. The maximum Gasteiger partial charge on any atom is 0.0726 e. The molecule has 0 N–H and O–H groups in total. The van der Waals surface area contributed by atoms with Crippen molar-refractivity contribution in [3.05, 3.63) is 330 Å². The van der Waals surface area contributed by atoms with E-state index < -0.39 is 10.8 Å². The van der Waals surface area contributed by atoms with Crippen LogP contribution in [0.5, 0.6) is 0 Å². The van der Waals surface area contributed by atoms with E-state index in [1.807, 2.05) is 0 Å². The SMILES string of the molecule is c1ccc(-c2ccc(N(c3ccc(-c4ccccc4)cc3)c3c4c(cc5c3-c3cc(-c6ccccc6)ccc3C53c5ccccc5-c5ccccc53)C3(c5ccccc5-c5ccccc53)c3ccccc3-4)cc2)cc1. The first kappa shape index (κ1) is 42.0. The van der Waals surface area contributed by atoms with Crippen molar-refractivity contribution in [3.8, 4) is 77.9 Å². The first-order valence-corrected chi connectivity index (χ1v) is 26.2. The third-order valence-electron chi connectivity index (χ3n) is 17.1. The van der Waals surface area contributed by atoms with Crippen LogP contribution in [0.2, 0.25) is 0 Å². The number of hydrogen-bond donors (Lipinski definition) is 0. The smallest absolute Gasteiger partial charge is 0.0726 e. The third kappa shape index (κ3) is 5.67. The Morgan fingerprint density at radius 3 is 0.907 bits per heavy atom. The van der Waals surface area contributed by atoms with E-state index in [2.05, 4.69) is 290 Å². The Morgan fingerprint density at radius 2 is 0.493 bits per heavy atom. The highest BCUT2D eigenvalue weighted by atomic mass is 15.1. The van der Waals surface area contributed by atoms with E-state index in [1.165, 1.54) is 128 Å². The highest BCUT2D eigenvalue weighted by Crippen LogP contribution is 2.71. The summed E-state index contributed by atoms with van der Waals surface area (Å²) in [4.78, 5) is 2.62. The molecule has 0 saturated heterocycles. The summed E-state index contributed by atoms with van der Waals surface area (Å²) in [6.07, 6.45) is 0. The zero-order chi connectivity index (χ0) is 49.2. The van der Waals surface area contributed by atoms with Crippen molar-refractivity contribution in [2.24, 2.45) is 0 Å². The van der Waals surface area contributed by atoms with Crippen molar-refractivity contribution in [3.63, 3.8) is 0 Å². The van der Waals surface area contributed by atoms with Gasteiger partial charge in [-0.3, -0.25) is 0 Å². The molecule has 4 aliphatic rings. The topological polar surface area (TPSA) is 3.24 Å². The maximum absolute atomic E-state index is 2.70. The summed E-state index contributed by atoms with van der Waals surface area (Å²) >= 11 is 0. The van der Waals surface area contributed by atoms with Crippen LogP contribution >= 0.6 is 0 Å². The second-order valence-electron chi connectivity index (χ2n) is 20.6. The Bertz CT molecular complexity index is 4090. The molecule has 0 bridgehead atoms. The molecule has 12 aromatic rings. The molecule has 0 saturated carbocycles. The molecule has 0 amide bonds. The van der Waals surface area contributed by atoms with Gasteiger partial charge < -0.3 is 4.90 Å². The lowest BCUT2D eigenvalue weighted by atomic mass is 9.67. The molecule has 1 heteroatoms. The van der Waals surface area contributed by atoms with Gasteiger partial charge in [0.05, 0.1) is 16.5 Å². The van der Waals surface area contributed by atoms with E-state index in [1.54, 1.807) is 0 Å². The minimum Gasteiger partial charge on any atom is -0.309 e. The van der Waals surface area contributed by atoms with Crippen molar-refractivity contribution in [1.29, 1.82) is 0 Å². The molecule has 16 rings (SSSR count). The summed E-state index contributed by atoms with van der Waals surface area (Å²) in [7, 11) is 0. The van der Waals surface area contributed by atoms with Crippen molar-refractivity contribution in [2.75, 3.05) is 4.90 Å². The predicted molar refractivity (Wildman–Crippen MR) is 310 cm³/mol. The molecule has 75 heavy (non-hydrogen) atoms. The summed E-state index contributed by atoms with van der Waals surface area (Å²) in [6, 6.07) is 107. The number of hydrogen-bond acceptors (Lipinski definition) is 1. The van der Waals surface area contributed by atoms with E-state index in [0.29, 0.717) is 0 Å². The van der Waals surface area contributed by atoms with Crippen LogP contribution in [0, 0.1) is 0 Å². The van der Waals surface area contributed by atoms with Crippen molar-refractivity contribution >= 4 is 17.1 Å². The Balaban J connectivity index is 1.11. The van der Waals surface area contributed by atoms with Gasteiger partial charge in [-0.05, 0) is 142 Å². The van der Waals surface area contributed by atoms with Gasteiger partial charge in [-0.15, -0.1) is 0 Å². The van der Waals surface area contributed by atoms with Crippen LogP contribution in [0.15, 0.2) is 285 Å². The van der Waals surface area contributed by atoms with Gasteiger partial charge in [0.1, 0.15) is 0 Å². The first-order valence-electron chi connectivity index (χ1n) is 26.2. The molecule has 1 nitrogen and oxygen atoms in total. The minimum atomic E-state index is -0.634. The van der Waals surface area contributed by atoms with Gasteiger partial charge >= 0.3 is 0 Å². The van der Waals surface area contributed by atoms with Crippen molar-refractivity contribution in [2.45, 2.75) is 10.8 Å². The molecule has 12 aromatic carbocycles. The Kier molecular flexibility index (Phi) is 8.94. The summed E-state index contributed by atoms with van der Waals surface area (Å²) in [5.41, 5.74) is 30.1. The standard InChI is InChI=1S/C74H47N/c1-4-20-48(21-5-1)51-36-41-54(42-37-51)75(55-43-38-52(39-44-55)49-22-6-2-7-23-49)72-70-60-30-14-19-35-66(60)73(62-31-15-10-26-56(62)57-27-11-16-32-63(57)73)68(70)47-69-71(72)61-46-53(50-24-8-3-9-25-50)40-45-67(61)74(69)64-33-17-12-28-58(64)59-29-13-18-34-65(59)74/h1-47H. The normalized spacial score (nSPS) is 13.8. The second-order valence-corrected chi connectivity index (χ2v) is 20.6. The van der Waals surface area contributed by atoms with Crippen LogP contribution in [0.4, 0.5) is 17.1 Å². The van der Waals surface area contributed by atoms with Gasteiger partial charge in [-0.1, -0.05) is 255 Å². The van der Waals surface area contributed by atoms with Gasteiger partial charge in [0.15, 0.2) is 0 Å². The molecule has 0 aliphatic heterocycles. The van der Waals surface area contributed by atoms with Gasteiger partial charge in [-0.2, -0.15) is 0 Å². The Labute approximate surface area is 438 Å². The molecular weight excluding hydrogens is 903 g/mol. The summed E-state index contributed by atoms with van der Waals surface area (Å²) < 4.78 is 0. The zero-order valence-electron chi connectivity index (χ0n) is 41.1. The summed E-state index contributed by atoms with van der Waals surface area (Å²) in [5.74, 6) is 0. The molecule has 0 unspecified atom stereocenters. The molecule has 0 aromatic heterocycles. The fourth-order valence-electron chi connectivity index (χ4n) is 14.1. The van der Waals surface area contributed by atoms with Crippen LogP contribution in [-0.2, 0) is 10.8 Å². The molecule has 0 fully saturated rings. The van der Waals surface area contributed by atoms with Gasteiger partial charge in [0.25, 0.3) is 0 Å². The molecule has 0 heterocycles. The lowest BCUT2D eigenvalue weighted by molar-refractivity contribution is 0.768. The monoisotopic (exact) mass is 949 g/mol. The average Bonchev–Trinajstić information content (AvgIpc) is 4.38. The van der Waals surface area contributed by atoms with Crippen LogP contribution in [0.25, 0.3) is 77.9 Å². The molecular formula is C74H47N. The molecule has 0 radical (unpaired) electrons. The largest absolute Gasteiger partial charge is 0.309 e. The fraction of sp³-hybridized carbons (Fsp3) is 0.0270. The predicted octanol–water partition coefficient (Wildman–Crippen LogP) is 18.8. The molecule has 2 spiro atoms. The minimum absolute atomic E-state index is 0.605. The lowest BCUT2D eigenvalue weighted by Gasteiger charge is -2.36. The van der Waals surface area contributed by atoms with Gasteiger partial charge in [0, 0.05) is 22.5 Å². The maximum atomic E-state index is 2.70. The zero-order valence-corrected chi connectivity index (χ0v) is 41.1. The van der Waals surface area contributed by atoms with Crippen molar-refractivity contribution < 1.29 is 0 Å². The van der Waals surface area contributed by atoms with E-state index in [-0.39, 0.29) is 0 Å². The Morgan fingerprint density at radius 1 is 0.200 bits per heavy atom. The number of anilines is 3. The van der Waals surface area contributed by atoms with Crippen LogP contribution < -0.4 is 4.90 Å². The lowest BCUT2D eigenvalue weighted by Crippen LogP contribution is -2.29. The Hall–Kier alpha value is -9.56. The van der Waals surface area contributed by atoms with E-state index >= 15 is 0 Å². The quantitative estimate of drug-likeness (QED) is 0.161. The van der Waals surface area contributed by atoms with E-state index in [0.717, 1.165) is 11.4 Å². The first-order chi connectivity index (χ1) is 37.2. The molecule has 348 valence electrons. The number of fused-ring (bicyclic) bond motifs is 20. The van der Waals surface area contributed by atoms with E-state index in [4.69, 9.17) is 0 Å². The highest BCUT2D eigenvalue weighted by Gasteiger charge is 2.58.